The van der Waals surface area contributed by atoms with E-state index < -0.39 is 5.60 Å². The quantitative estimate of drug-likeness (QED) is 0.724. The summed E-state index contributed by atoms with van der Waals surface area (Å²) in [7, 11) is 0. The third-order valence-electron chi connectivity index (χ3n) is 2.73. The smallest absolute Gasteiger partial charge is 0.0603 e. The second-order valence-corrected chi connectivity index (χ2v) is 5.08. The maximum absolute atomic E-state index is 9.56. The lowest BCUT2D eigenvalue weighted by Gasteiger charge is -2.18. The molecule has 1 atom stereocenters. The van der Waals surface area contributed by atoms with Gasteiger partial charge in [-0.2, -0.15) is 0 Å². The monoisotopic (exact) mass is 221 g/mol. The molecule has 0 aliphatic heterocycles. The molecule has 90 valence electrons. The number of nitrogens with one attached hydrogen (secondary N) is 1. The van der Waals surface area contributed by atoms with E-state index in [1.807, 2.05) is 19.9 Å². The van der Waals surface area contributed by atoms with Gasteiger partial charge in [0.15, 0.2) is 0 Å². The largest absolute Gasteiger partial charge is 0.390 e. The van der Waals surface area contributed by atoms with Gasteiger partial charge in [0.2, 0.25) is 0 Å². The molecule has 0 fully saturated rings. The van der Waals surface area contributed by atoms with Crippen LogP contribution in [0.4, 0.5) is 0 Å². The van der Waals surface area contributed by atoms with Gasteiger partial charge >= 0.3 is 0 Å². The van der Waals surface area contributed by atoms with Crippen molar-refractivity contribution in [1.29, 1.82) is 0 Å². The number of benzene rings is 1. The van der Waals surface area contributed by atoms with Crippen molar-refractivity contribution in [3.8, 4) is 0 Å². The van der Waals surface area contributed by atoms with Crippen LogP contribution in [0.2, 0.25) is 0 Å². The summed E-state index contributed by atoms with van der Waals surface area (Å²) >= 11 is 0. The highest BCUT2D eigenvalue weighted by atomic mass is 16.3. The second kappa shape index (κ2) is 6.02. The van der Waals surface area contributed by atoms with Crippen molar-refractivity contribution in [2.24, 2.45) is 0 Å². The Labute approximate surface area is 98.7 Å². The fraction of sp³-hybridized carbons (Fsp3) is 0.571. The Morgan fingerprint density at radius 3 is 2.44 bits per heavy atom. The highest BCUT2D eigenvalue weighted by Gasteiger charge is 2.11. The van der Waals surface area contributed by atoms with Gasteiger partial charge in [0, 0.05) is 6.54 Å². The van der Waals surface area contributed by atoms with E-state index in [0.717, 1.165) is 19.5 Å². The Morgan fingerprint density at radius 2 is 1.88 bits per heavy atom. The van der Waals surface area contributed by atoms with Gasteiger partial charge < -0.3 is 10.4 Å². The number of rotatable bonds is 6. The molecule has 0 radical (unpaired) electrons. The maximum atomic E-state index is 9.56. The van der Waals surface area contributed by atoms with E-state index in [1.54, 1.807) is 0 Å². The summed E-state index contributed by atoms with van der Waals surface area (Å²) in [6, 6.07) is 10.5. The molecule has 0 aromatic heterocycles. The van der Waals surface area contributed by atoms with Crippen LogP contribution in [0.15, 0.2) is 30.3 Å². The van der Waals surface area contributed by atoms with Crippen molar-refractivity contribution in [2.45, 2.75) is 38.7 Å². The minimum atomic E-state index is -0.566. The van der Waals surface area contributed by atoms with E-state index >= 15 is 0 Å². The van der Waals surface area contributed by atoms with Crippen LogP contribution < -0.4 is 5.32 Å². The van der Waals surface area contributed by atoms with Crippen LogP contribution in [0.1, 0.15) is 38.7 Å². The van der Waals surface area contributed by atoms with Crippen molar-refractivity contribution in [1.82, 2.24) is 5.32 Å². The van der Waals surface area contributed by atoms with Crippen molar-refractivity contribution < 1.29 is 5.11 Å². The molecule has 2 heteroatoms. The molecule has 0 amide bonds. The summed E-state index contributed by atoms with van der Waals surface area (Å²) in [5.74, 6) is 0.517. The molecule has 0 saturated carbocycles. The molecule has 0 aliphatic rings. The average Bonchev–Trinajstić information content (AvgIpc) is 2.24. The van der Waals surface area contributed by atoms with Gasteiger partial charge in [-0.25, -0.2) is 0 Å². The Bertz CT molecular complexity index is 289. The van der Waals surface area contributed by atoms with Crippen LogP contribution in [0, 0.1) is 0 Å². The zero-order chi connectivity index (χ0) is 12.0. The first kappa shape index (κ1) is 13.2. The summed E-state index contributed by atoms with van der Waals surface area (Å²) in [4.78, 5) is 0. The minimum absolute atomic E-state index is 0.517. The predicted molar refractivity (Wildman–Crippen MR) is 68.6 cm³/mol. The second-order valence-electron chi connectivity index (χ2n) is 5.08. The van der Waals surface area contributed by atoms with Gasteiger partial charge in [0.1, 0.15) is 0 Å². The fourth-order valence-corrected chi connectivity index (χ4v) is 1.61. The van der Waals surface area contributed by atoms with E-state index in [9.17, 15) is 5.11 Å². The first-order valence-electron chi connectivity index (χ1n) is 5.97. The molecule has 2 N–H and O–H groups in total. The van der Waals surface area contributed by atoms with Crippen LogP contribution in [0.25, 0.3) is 0 Å². The van der Waals surface area contributed by atoms with Crippen LogP contribution in [0.3, 0.4) is 0 Å². The molecule has 0 bridgehead atoms. The average molecular weight is 221 g/mol. The molecule has 1 rings (SSSR count). The maximum Gasteiger partial charge on any atom is 0.0603 e. The molecule has 0 saturated heterocycles. The molecule has 1 aromatic carbocycles. The molecule has 0 spiro atoms. The topological polar surface area (TPSA) is 32.3 Å². The minimum Gasteiger partial charge on any atom is -0.390 e. The van der Waals surface area contributed by atoms with Crippen molar-refractivity contribution >= 4 is 0 Å². The van der Waals surface area contributed by atoms with Gasteiger partial charge in [0.25, 0.3) is 0 Å². The SMILES string of the molecule is CC(CNCCC(C)(C)O)c1ccccc1. The molecule has 1 unspecified atom stereocenters. The molecule has 0 heterocycles. The lowest BCUT2D eigenvalue weighted by atomic mass is 10.0. The zero-order valence-electron chi connectivity index (χ0n) is 10.5. The Morgan fingerprint density at radius 1 is 1.25 bits per heavy atom. The Balaban J connectivity index is 2.24. The highest BCUT2D eigenvalue weighted by molar-refractivity contribution is 5.18. The summed E-state index contributed by atoms with van der Waals surface area (Å²) in [5.41, 5.74) is 0.793. The predicted octanol–water partition coefficient (Wildman–Crippen LogP) is 2.54. The number of hydrogen-bond acceptors (Lipinski definition) is 2. The van der Waals surface area contributed by atoms with Gasteiger partial charge in [-0.1, -0.05) is 37.3 Å². The lowest BCUT2D eigenvalue weighted by Crippen LogP contribution is -2.28. The Hall–Kier alpha value is -0.860. The third-order valence-corrected chi connectivity index (χ3v) is 2.73. The molecule has 1 aromatic rings. The molecular weight excluding hydrogens is 198 g/mol. The first-order chi connectivity index (χ1) is 7.49. The van der Waals surface area contributed by atoms with Crippen LogP contribution in [-0.2, 0) is 0 Å². The van der Waals surface area contributed by atoms with Gasteiger partial charge in [-0.05, 0) is 38.3 Å². The summed E-state index contributed by atoms with van der Waals surface area (Å²) in [5, 5.41) is 12.9. The summed E-state index contributed by atoms with van der Waals surface area (Å²) in [6.45, 7) is 7.72. The number of hydrogen-bond donors (Lipinski definition) is 2. The van der Waals surface area contributed by atoms with Crippen LogP contribution in [-0.4, -0.2) is 23.8 Å². The van der Waals surface area contributed by atoms with Crippen molar-refractivity contribution in [3.63, 3.8) is 0 Å². The van der Waals surface area contributed by atoms with Crippen molar-refractivity contribution in [3.05, 3.63) is 35.9 Å². The lowest BCUT2D eigenvalue weighted by molar-refractivity contribution is 0.0712. The molecule has 16 heavy (non-hydrogen) atoms. The van der Waals surface area contributed by atoms with Crippen LogP contribution >= 0.6 is 0 Å². The van der Waals surface area contributed by atoms with Crippen molar-refractivity contribution in [2.75, 3.05) is 13.1 Å². The van der Waals surface area contributed by atoms with E-state index in [0.29, 0.717) is 5.92 Å². The molecule has 2 nitrogen and oxygen atoms in total. The first-order valence-corrected chi connectivity index (χ1v) is 5.97. The molecule has 0 aliphatic carbocycles. The number of aliphatic hydroxyl groups is 1. The third kappa shape index (κ3) is 5.29. The van der Waals surface area contributed by atoms with E-state index in [2.05, 4.69) is 36.5 Å². The normalized spacial score (nSPS) is 13.8. The zero-order valence-corrected chi connectivity index (χ0v) is 10.5. The van der Waals surface area contributed by atoms with Gasteiger partial charge in [0.05, 0.1) is 5.60 Å². The van der Waals surface area contributed by atoms with Gasteiger partial charge in [-0.3, -0.25) is 0 Å². The van der Waals surface area contributed by atoms with E-state index in [-0.39, 0.29) is 0 Å². The molecular formula is C14H23NO. The fourth-order valence-electron chi connectivity index (χ4n) is 1.61. The summed E-state index contributed by atoms with van der Waals surface area (Å²) in [6.07, 6.45) is 0.786. The van der Waals surface area contributed by atoms with Gasteiger partial charge in [-0.15, -0.1) is 0 Å². The Kier molecular flexibility index (Phi) is 4.97. The van der Waals surface area contributed by atoms with Crippen LogP contribution in [0.5, 0.6) is 0 Å². The van der Waals surface area contributed by atoms with E-state index in [4.69, 9.17) is 0 Å². The summed E-state index contributed by atoms with van der Waals surface area (Å²) < 4.78 is 0. The van der Waals surface area contributed by atoms with E-state index in [1.165, 1.54) is 5.56 Å². The standard InChI is InChI=1S/C14H23NO/c1-12(13-7-5-4-6-8-13)11-15-10-9-14(2,3)16/h4-8,12,15-16H,9-11H2,1-3H3. The highest BCUT2D eigenvalue weighted by Crippen LogP contribution is 2.13.